The Morgan fingerprint density at radius 3 is 2.47 bits per heavy atom. The monoisotopic (exact) mass is 300 g/mol. The third-order valence-electron chi connectivity index (χ3n) is 2.16. The maximum absolute atomic E-state index is 13.0. The topological polar surface area (TPSA) is 55.1 Å². The van der Waals surface area contributed by atoms with Gasteiger partial charge in [-0.3, -0.25) is 4.79 Å². The highest BCUT2D eigenvalue weighted by atomic mass is 35.5. The molecule has 108 valence electrons. The highest BCUT2D eigenvalue weighted by Crippen LogP contribution is 2.32. The molecule has 0 atom stereocenters. The molecule has 1 aromatic rings. The molecule has 1 rings (SSSR count). The third-order valence-corrected chi connectivity index (χ3v) is 2.16. The summed E-state index contributed by atoms with van der Waals surface area (Å²) in [5.74, 6) is -1.83. The molecule has 3 N–H and O–H groups in total. The van der Waals surface area contributed by atoms with Crippen LogP contribution in [0.1, 0.15) is 18.4 Å². The van der Waals surface area contributed by atoms with Gasteiger partial charge < -0.3 is 11.1 Å². The minimum atomic E-state index is -4.79. The lowest BCUT2D eigenvalue weighted by molar-refractivity contribution is -0.140. The highest BCUT2D eigenvalue weighted by molar-refractivity contribution is 5.90. The van der Waals surface area contributed by atoms with Crippen molar-refractivity contribution in [2.24, 2.45) is 5.73 Å². The molecule has 0 aromatic heterocycles. The van der Waals surface area contributed by atoms with Gasteiger partial charge >= 0.3 is 6.18 Å². The Balaban J connectivity index is 0.00000324. The van der Waals surface area contributed by atoms with Crippen LogP contribution >= 0.6 is 12.4 Å². The number of halogens is 5. The van der Waals surface area contributed by atoms with Gasteiger partial charge in [0.2, 0.25) is 5.91 Å². The Labute approximate surface area is 113 Å². The number of carbonyl (C=O) groups excluding carboxylic acids is 1. The Bertz CT molecular complexity index is 437. The number of anilines is 1. The third kappa shape index (κ3) is 5.44. The summed E-state index contributed by atoms with van der Waals surface area (Å²) in [6, 6.07) is 2.31. The van der Waals surface area contributed by atoms with E-state index in [2.05, 4.69) is 5.32 Å². The molecule has 8 heteroatoms. The van der Waals surface area contributed by atoms with Crippen LogP contribution in [0.2, 0.25) is 0 Å². The minimum absolute atomic E-state index is 0. The highest BCUT2D eigenvalue weighted by Gasteiger charge is 2.34. The molecule has 3 nitrogen and oxygen atoms in total. The van der Waals surface area contributed by atoms with Crippen LogP contribution in [0.5, 0.6) is 0 Å². The summed E-state index contributed by atoms with van der Waals surface area (Å²) in [5, 5.41) is 2.26. The largest absolute Gasteiger partial charge is 0.419 e. The van der Waals surface area contributed by atoms with Gasteiger partial charge in [0.15, 0.2) is 0 Å². The number of nitrogens with one attached hydrogen (secondary N) is 1. The molecule has 0 spiro atoms. The van der Waals surface area contributed by atoms with Crippen molar-refractivity contribution in [3.05, 3.63) is 29.6 Å². The van der Waals surface area contributed by atoms with Crippen molar-refractivity contribution in [3.8, 4) is 0 Å². The van der Waals surface area contributed by atoms with Crippen molar-refractivity contribution in [1.29, 1.82) is 0 Å². The Morgan fingerprint density at radius 2 is 1.95 bits per heavy atom. The summed E-state index contributed by atoms with van der Waals surface area (Å²) in [6.45, 7) is 0.310. The lowest BCUT2D eigenvalue weighted by atomic mass is 10.1. The lowest BCUT2D eigenvalue weighted by Crippen LogP contribution is -2.15. The van der Waals surface area contributed by atoms with Crippen LogP contribution in [-0.2, 0) is 11.0 Å². The van der Waals surface area contributed by atoms with Crippen molar-refractivity contribution >= 4 is 24.0 Å². The summed E-state index contributed by atoms with van der Waals surface area (Å²) in [5.41, 5.74) is 3.70. The fraction of sp³-hybridized carbons (Fsp3) is 0.364. The summed E-state index contributed by atoms with van der Waals surface area (Å²) in [6.07, 6.45) is -4.25. The Morgan fingerprint density at radius 1 is 1.32 bits per heavy atom. The number of carbonyl (C=O) groups is 1. The van der Waals surface area contributed by atoms with Gasteiger partial charge in [0.05, 0.1) is 5.56 Å². The zero-order chi connectivity index (χ0) is 13.8. The van der Waals surface area contributed by atoms with Gasteiger partial charge in [-0.25, -0.2) is 4.39 Å². The molecule has 0 aliphatic heterocycles. The first-order valence-corrected chi connectivity index (χ1v) is 5.21. The van der Waals surface area contributed by atoms with Crippen molar-refractivity contribution in [2.75, 3.05) is 11.9 Å². The maximum atomic E-state index is 13.0. The van der Waals surface area contributed by atoms with Gasteiger partial charge in [0.1, 0.15) is 5.82 Å². The van der Waals surface area contributed by atoms with E-state index in [4.69, 9.17) is 5.73 Å². The smallest absolute Gasteiger partial charge is 0.330 e. The first kappa shape index (κ1) is 17.7. The average molecular weight is 301 g/mol. The van der Waals surface area contributed by atoms with Crippen molar-refractivity contribution in [2.45, 2.75) is 19.0 Å². The Hall–Kier alpha value is -1.34. The van der Waals surface area contributed by atoms with Crippen molar-refractivity contribution in [3.63, 3.8) is 0 Å². The maximum Gasteiger partial charge on any atom is 0.419 e. The zero-order valence-electron chi connectivity index (χ0n) is 9.76. The van der Waals surface area contributed by atoms with Gasteiger partial charge in [-0.05, 0) is 31.2 Å². The van der Waals surface area contributed by atoms with E-state index in [1.165, 1.54) is 0 Å². The van der Waals surface area contributed by atoms with Crippen molar-refractivity contribution < 1.29 is 22.4 Å². The number of amides is 1. The molecular formula is C11H13ClF4N2O. The first-order chi connectivity index (χ1) is 8.34. The molecule has 0 heterocycles. The van der Waals surface area contributed by atoms with Crippen LogP contribution in [0.4, 0.5) is 23.2 Å². The number of rotatable bonds is 4. The summed E-state index contributed by atoms with van der Waals surface area (Å²) < 4.78 is 50.2. The summed E-state index contributed by atoms with van der Waals surface area (Å²) in [4.78, 5) is 11.3. The molecule has 1 amide bonds. The molecule has 0 fully saturated rings. The van der Waals surface area contributed by atoms with Gasteiger partial charge in [-0.15, -0.1) is 12.4 Å². The number of benzene rings is 1. The number of hydrogen-bond acceptors (Lipinski definition) is 2. The second-order valence-electron chi connectivity index (χ2n) is 3.63. The van der Waals surface area contributed by atoms with Gasteiger partial charge in [0.25, 0.3) is 0 Å². The summed E-state index contributed by atoms with van der Waals surface area (Å²) >= 11 is 0. The Kier molecular flexibility index (Phi) is 6.78. The molecule has 0 aliphatic carbocycles. The van der Waals surface area contributed by atoms with Crippen LogP contribution in [0.25, 0.3) is 0 Å². The number of nitrogens with two attached hydrogens (primary N) is 1. The van der Waals surface area contributed by atoms with Crippen LogP contribution in [-0.4, -0.2) is 12.5 Å². The van der Waals surface area contributed by atoms with E-state index >= 15 is 0 Å². The van der Waals surface area contributed by atoms with E-state index < -0.39 is 23.5 Å². The van der Waals surface area contributed by atoms with Gasteiger partial charge in [-0.2, -0.15) is 13.2 Å². The minimum Gasteiger partial charge on any atom is -0.330 e. The van der Waals surface area contributed by atoms with E-state index in [9.17, 15) is 22.4 Å². The lowest BCUT2D eigenvalue weighted by Gasteiger charge is -2.10. The quantitative estimate of drug-likeness (QED) is 0.840. The summed E-state index contributed by atoms with van der Waals surface area (Å²) in [7, 11) is 0. The fourth-order valence-corrected chi connectivity index (χ4v) is 1.31. The van der Waals surface area contributed by atoms with E-state index in [1.807, 2.05) is 0 Å². The van der Waals surface area contributed by atoms with Crippen LogP contribution in [0.15, 0.2) is 18.2 Å². The molecule has 0 aliphatic rings. The SMILES string of the molecule is Cl.NCCCC(=O)Nc1ccc(F)c(C(F)(F)F)c1. The standard InChI is InChI=1S/C11H12F4N2O.ClH/c12-9-4-3-7(6-8(9)11(13,14)15)17-10(18)2-1-5-16;/h3-4,6H,1-2,5,16H2,(H,17,18);1H. The predicted molar refractivity (Wildman–Crippen MR) is 65.6 cm³/mol. The van der Waals surface area contributed by atoms with E-state index in [-0.39, 0.29) is 24.5 Å². The van der Waals surface area contributed by atoms with Gasteiger partial charge in [0, 0.05) is 12.1 Å². The van der Waals surface area contributed by atoms with Crippen LogP contribution < -0.4 is 11.1 Å². The molecular weight excluding hydrogens is 288 g/mol. The molecule has 0 saturated heterocycles. The molecule has 19 heavy (non-hydrogen) atoms. The molecule has 0 bridgehead atoms. The second kappa shape index (κ2) is 7.30. The van der Waals surface area contributed by atoms with Crippen LogP contribution in [0, 0.1) is 5.82 Å². The average Bonchev–Trinajstić information content (AvgIpc) is 2.27. The number of hydrogen-bond donors (Lipinski definition) is 2. The molecule has 0 saturated carbocycles. The van der Waals surface area contributed by atoms with Gasteiger partial charge in [-0.1, -0.05) is 0 Å². The molecule has 0 unspecified atom stereocenters. The van der Waals surface area contributed by atoms with Crippen molar-refractivity contribution in [1.82, 2.24) is 0 Å². The molecule has 1 aromatic carbocycles. The molecule has 0 radical (unpaired) electrons. The van der Waals surface area contributed by atoms with Crippen LogP contribution in [0.3, 0.4) is 0 Å². The first-order valence-electron chi connectivity index (χ1n) is 5.21. The van der Waals surface area contributed by atoms with E-state index in [1.54, 1.807) is 0 Å². The number of alkyl halides is 3. The second-order valence-corrected chi connectivity index (χ2v) is 3.63. The normalized spacial score (nSPS) is 10.8. The van der Waals surface area contributed by atoms with E-state index in [0.29, 0.717) is 25.1 Å². The fourth-order valence-electron chi connectivity index (χ4n) is 1.31. The zero-order valence-corrected chi connectivity index (χ0v) is 10.6. The predicted octanol–water partition coefficient (Wildman–Crippen LogP) is 2.94. The van der Waals surface area contributed by atoms with E-state index in [0.717, 1.165) is 6.07 Å².